The highest BCUT2D eigenvalue weighted by atomic mass is 16.3. The van der Waals surface area contributed by atoms with Crippen molar-refractivity contribution in [1.29, 1.82) is 0 Å². The highest BCUT2D eigenvalue weighted by molar-refractivity contribution is 6.25. The minimum absolute atomic E-state index is 0.580. The van der Waals surface area contributed by atoms with Gasteiger partial charge >= 0.3 is 0 Å². The largest absolute Gasteiger partial charge is 0.455 e. The molecule has 13 aromatic rings. The highest BCUT2D eigenvalue weighted by Crippen LogP contribution is 2.44. The van der Waals surface area contributed by atoms with Gasteiger partial charge in [0, 0.05) is 49.0 Å². The van der Waals surface area contributed by atoms with Crippen LogP contribution < -0.4 is 0 Å². The van der Waals surface area contributed by atoms with Gasteiger partial charge in [-0.3, -0.25) is 0 Å². The van der Waals surface area contributed by atoms with Crippen LogP contribution in [-0.4, -0.2) is 19.5 Å². The second-order valence-electron chi connectivity index (χ2n) is 16.0. The molecule has 62 heavy (non-hydrogen) atoms. The van der Waals surface area contributed by atoms with Crippen LogP contribution in [0.2, 0.25) is 0 Å². The summed E-state index contributed by atoms with van der Waals surface area (Å²) in [5, 5.41) is 11.7. The van der Waals surface area contributed by atoms with Crippen molar-refractivity contribution in [3.05, 3.63) is 206 Å². The molecular formula is C57H34N4O. The summed E-state index contributed by atoms with van der Waals surface area (Å²) in [5.74, 6) is 1.80. The third kappa shape index (κ3) is 5.38. The van der Waals surface area contributed by atoms with E-state index in [1.807, 2.05) is 36.4 Å². The van der Waals surface area contributed by atoms with Crippen molar-refractivity contribution in [1.82, 2.24) is 19.5 Å². The van der Waals surface area contributed by atoms with E-state index >= 15 is 0 Å². The molecule has 3 heterocycles. The normalized spacial score (nSPS) is 11.9. The third-order valence-electron chi connectivity index (χ3n) is 12.4. The topological polar surface area (TPSA) is 56.7 Å². The Morgan fingerprint density at radius 3 is 1.69 bits per heavy atom. The van der Waals surface area contributed by atoms with Gasteiger partial charge in [-0.15, -0.1) is 0 Å². The second kappa shape index (κ2) is 13.6. The Hall–Kier alpha value is -8.41. The summed E-state index contributed by atoms with van der Waals surface area (Å²) in [5.41, 5.74) is 10.0. The van der Waals surface area contributed by atoms with E-state index in [9.17, 15) is 0 Å². The molecule has 0 saturated carbocycles. The lowest BCUT2D eigenvalue weighted by Crippen LogP contribution is -2.00. The Bertz CT molecular complexity index is 3920. The first-order valence-electron chi connectivity index (χ1n) is 20.9. The molecule has 0 radical (unpaired) electrons. The molecule has 0 N–H and O–H groups in total. The molecule has 0 spiro atoms. The van der Waals surface area contributed by atoms with Gasteiger partial charge in [-0.2, -0.15) is 0 Å². The molecule has 0 aliphatic carbocycles. The molecule has 0 aliphatic heterocycles. The lowest BCUT2D eigenvalue weighted by Gasteiger charge is -2.13. The maximum Gasteiger partial charge on any atom is 0.164 e. The van der Waals surface area contributed by atoms with E-state index in [2.05, 4.69) is 174 Å². The Balaban J connectivity index is 1.03. The van der Waals surface area contributed by atoms with Crippen LogP contribution in [0, 0.1) is 0 Å². The van der Waals surface area contributed by atoms with Crippen LogP contribution in [0.4, 0.5) is 0 Å². The van der Waals surface area contributed by atoms with E-state index in [1.54, 1.807) is 0 Å². The van der Waals surface area contributed by atoms with Crippen LogP contribution in [0.25, 0.3) is 127 Å². The molecule has 0 bridgehead atoms. The summed E-state index contributed by atoms with van der Waals surface area (Å²) in [6.07, 6.45) is 0. The van der Waals surface area contributed by atoms with Crippen molar-refractivity contribution in [3.63, 3.8) is 0 Å². The molecule has 0 unspecified atom stereocenters. The summed E-state index contributed by atoms with van der Waals surface area (Å²) in [6, 6.07) is 72.8. The fraction of sp³-hybridized carbons (Fsp3) is 0. The zero-order chi connectivity index (χ0) is 40.7. The van der Waals surface area contributed by atoms with Crippen molar-refractivity contribution in [2.75, 3.05) is 0 Å². The Morgan fingerprint density at radius 1 is 0.323 bits per heavy atom. The van der Waals surface area contributed by atoms with Gasteiger partial charge in [-0.05, 0) is 75.1 Å². The fourth-order valence-corrected chi connectivity index (χ4v) is 9.45. The quantitative estimate of drug-likeness (QED) is 0.174. The number of benzene rings is 10. The first-order valence-corrected chi connectivity index (χ1v) is 20.9. The molecule has 0 aliphatic rings. The Kier molecular flexibility index (Phi) is 7.54. The SMILES string of the molecule is c1ccc(-c2cccc(-c3nc(-c4ccccc4)nc(-c4ccc5c(c4)oc4c6ccccc6c(-n6c7cc8ccccc8cc7c7c8ccccc8ccc76)cc54)n3)c2)cc1. The van der Waals surface area contributed by atoms with Gasteiger partial charge in [0.15, 0.2) is 17.5 Å². The molecule has 288 valence electrons. The summed E-state index contributed by atoms with van der Waals surface area (Å²) in [6.45, 7) is 0. The number of rotatable bonds is 5. The smallest absolute Gasteiger partial charge is 0.164 e. The van der Waals surface area contributed by atoms with Gasteiger partial charge in [-0.25, -0.2) is 15.0 Å². The standard InChI is InChI=1S/C57H34N4O/c1-3-14-35(15-4-1)38-21-13-22-41(30-38)56-58-55(37-17-5-2-6-18-37)59-57(60-56)42-26-28-45-47-34-51(44-24-11-12-25-46(44)54(47)62-52(45)33-42)61-49-29-27-36-16-9-10-23-43(36)53(49)48-31-39-19-7-8-20-40(39)32-50(48)61/h1-34H. The van der Waals surface area contributed by atoms with Gasteiger partial charge < -0.3 is 8.98 Å². The van der Waals surface area contributed by atoms with Gasteiger partial charge in [0.1, 0.15) is 11.2 Å². The minimum Gasteiger partial charge on any atom is -0.455 e. The molecule has 0 saturated heterocycles. The lowest BCUT2D eigenvalue weighted by molar-refractivity contribution is 0.672. The molecule has 10 aromatic carbocycles. The predicted octanol–water partition coefficient (Wildman–Crippen LogP) is 15.0. The van der Waals surface area contributed by atoms with Crippen molar-refractivity contribution in [2.45, 2.75) is 0 Å². The average molecular weight is 791 g/mol. The average Bonchev–Trinajstić information content (AvgIpc) is 3.88. The Labute approximate surface area is 355 Å². The van der Waals surface area contributed by atoms with E-state index < -0.39 is 0 Å². The highest BCUT2D eigenvalue weighted by Gasteiger charge is 2.21. The fourth-order valence-electron chi connectivity index (χ4n) is 9.45. The molecule has 5 heteroatoms. The van der Waals surface area contributed by atoms with Crippen LogP contribution in [-0.2, 0) is 0 Å². The molecule has 13 rings (SSSR count). The monoisotopic (exact) mass is 790 g/mol. The third-order valence-corrected chi connectivity index (χ3v) is 12.4. The van der Waals surface area contributed by atoms with Crippen LogP contribution in [0.5, 0.6) is 0 Å². The van der Waals surface area contributed by atoms with Crippen molar-refractivity contribution in [3.8, 4) is 51.0 Å². The van der Waals surface area contributed by atoms with E-state index in [0.29, 0.717) is 17.5 Å². The van der Waals surface area contributed by atoms with Gasteiger partial charge in [0.05, 0.1) is 16.7 Å². The zero-order valence-corrected chi connectivity index (χ0v) is 33.3. The maximum atomic E-state index is 6.90. The molecule has 0 amide bonds. The molecular weight excluding hydrogens is 757 g/mol. The molecule has 0 fully saturated rings. The van der Waals surface area contributed by atoms with Crippen molar-refractivity contribution >= 4 is 76.1 Å². The summed E-state index contributed by atoms with van der Waals surface area (Å²) >= 11 is 0. The van der Waals surface area contributed by atoms with E-state index in [4.69, 9.17) is 19.4 Å². The van der Waals surface area contributed by atoms with E-state index in [1.165, 1.54) is 43.4 Å². The van der Waals surface area contributed by atoms with Crippen LogP contribution in [0.1, 0.15) is 0 Å². The van der Waals surface area contributed by atoms with Crippen LogP contribution >= 0.6 is 0 Å². The van der Waals surface area contributed by atoms with Crippen molar-refractivity contribution in [2.24, 2.45) is 0 Å². The number of hydrogen-bond acceptors (Lipinski definition) is 4. The van der Waals surface area contributed by atoms with Gasteiger partial charge in [-0.1, -0.05) is 164 Å². The minimum atomic E-state index is 0.580. The molecule has 5 nitrogen and oxygen atoms in total. The molecule has 0 atom stereocenters. The summed E-state index contributed by atoms with van der Waals surface area (Å²) in [7, 11) is 0. The lowest BCUT2D eigenvalue weighted by atomic mass is 10.0. The van der Waals surface area contributed by atoms with Gasteiger partial charge in [0.25, 0.3) is 0 Å². The number of nitrogens with zero attached hydrogens (tertiary/aromatic N) is 4. The zero-order valence-electron chi connectivity index (χ0n) is 33.3. The first-order chi connectivity index (χ1) is 30.7. The van der Waals surface area contributed by atoms with Crippen LogP contribution in [0.15, 0.2) is 211 Å². The summed E-state index contributed by atoms with van der Waals surface area (Å²) in [4.78, 5) is 15.2. The molecule has 3 aromatic heterocycles. The maximum absolute atomic E-state index is 6.90. The summed E-state index contributed by atoms with van der Waals surface area (Å²) < 4.78 is 9.37. The number of furan rings is 1. The van der Waals surface area contributed by atoms with Gasteiger partial charge in [0.2, 0.25) is 0 Å². The number of fused-ring (bicyclic) bond motifs is 11. The first kappa shape index (κ1) is 34.5. The second-order valence-corrected chi connectivity index (χ2v) is 16.0. The van der Waals surface area contributed by atoms with Crippen LogP contribution in [0.3, 0.4) is 0 Å². The predicted molar refractivity (Wildman–Crippen MR) is 256 cm³/mol. The van der Waals surface area contributed by atoms with E-state index in [0.717, 1.165) is 66.2 Å². The number of hydrogen-bond donors (Lipinski definition) is 0. The number of aromatic nitrogens is 4. The Morgan fingerprint density at radius 2 is 0.919 bits per heavy atom. The van der Waals surface area contributed by atoms with Crippen molar-refractivity contribution < 1.29 is 4.42 Å². The van der Waals surface area contributed by atoms with E-state index in [-0.39, 0.29) is 0 Å².